The SMILES string of the molecule is CC(C)[C@@H]1NC(=O)C(C)(C)COc2ccc3ccc(nc3c2)[C@@H](C)NC(=O)[C@@H]2CCCN(N2)C(=O)[C@H](C)NC1=O. The van der Waals surface area contributed by atoms with Crippen LogP contribution >= 0.6 is 0 Å². The Kier molecular flexibility index (Phi) is 8.62. The van der Waals surface area contributed by atoms with Crippen LogP contribution in [0.15, 0.2) is 30.3 Å². The van der Waals surface area contributed by atoms with Crippen molar-refractivity contribution in [2.24, 2.45) is 11.3 Å². The number of fused-ring (bicyclic) bond motifs is 4. The van der Waals surface area contributed by atoms with Gasteiger partial charge in [-0.05, 0) is 64.7 Å². The lowest BCUT2D eigenvalue weighted by Crippen LogP contribution is -2.62. The number of hydrogen-bond acceptors (Lipinski definition) is 7. The van der Waals surface area contributed by atoms with Gasteiger partial charge in [0.05, 0.1) is 22.7 Å². The molecule has 0 aliphatic carbocycles. The quantitative estimate of drug-likeness (QED) is 0.424. The second kappa shape index (κ2) is 11.8. The summed E-state index contributed by atoms with van der Waals surface area (Å²) in [6.07, 6.45) is 1.19. The highest BCUT2D eigenvalue weighted by Gasteiger charge is 2.36. The Hall–Kier alpha value is -3.73. The minimum atomic E-state index is -0.955. The number of hydrogen-bond donors (Lipinski definition) is 4. The van der Waals surface area contributed by atoms with Crippen LogP contribution in [0.5, 0.6) is 5.75 Å². The van der Waals surface area contributed by atoms with Gasteiger partial charge in [-0.1, -0.05) is 19.9 Å². The summed E-state index contributed by atoms with van der Waals surface area (Å²) in [6, 6.07) is 6.62. The first-order valence-electron chi connectivity index (χ1n) is 13.9. The number of amides is 4. The Balaban J connectivity index is 1.66. The molecule has 1 fully saturated rings. The maximum Gasteiger partial charge on any atom is 0.258 e. The van der Waals surface area contributed by atoms with Gasteiger partial charge in [-0.15, -0.1) is 0 Å². The van der Waals surface area contributed by atoms with E-state index in [0.717, 1.165) is 5.39 Å². The van der Waals surface area contributed by atoms with Gasteiger partial charge in [-0.25, -0.2) is 5.43 Å². The first-order chi connectivity index (χ1) is 18.9. The largest absolute Gasteiger partial charge is 0.492 e. The average molecular weight is 553 g/mol. The summed E-state index contributed by atoms with van der Waals surface area (Å²) in [7, 11) is 0. The summed E-state index contributed by atoms with van der Waals surface area (Å²) in [4.78, 5) is 57.6. The molecule has 1 saturated heterocycles. The topological polar surface area (TPSA) is 142 Å². The van der Waals surface area contributed by atoms with Gasteiger partial charge in [0.25, 0.3) is 5.91 Å². The average Bonchev–Trinajstić information content (AvgIpc) is 2.92. The molecule has 1 aromatic heterocycles. The van der Waals surface area contributed by atoms with Crippen LogP contribution in [0.1, 0.15) is 66.1 Å². The van der Waals surface area contributed by atoms with E-state index in [-0.39, 0.29) is 36.3 Å². The van der Waals surface area contributed by atoms with E-state index in [4.69, 9.17) is 9.72 Å². The minimum absolute atomic E-state index is 0.0693. The summed E-state index contributed by atoms with van der Waals surface area (Å²) in [5.74, 6) is -1.07. The molecule has 0 radical (unpaired) electrons. The molecule has 0 spiro atoms. The molecule has 1 aromatic carbocycles. The molecular formula is C29H40N6O5. The Labute approximate surface area is 234 Å². The number of aromatic nitrogens is 1. The van der Waals surface area contributed by atoms with Gasteiger partial charge in [0.15, 0.2) is 0 Å². The van der Waals surface area contributed by atoms with Gasteiger partial charge < -0.3 is 20.7 Å². The lowest BCUT2D eigenvalue weighted by atomic mass is 9.92. The molecule has 2 aromatic rings. The molecule has 2 aliphatic rings. The Morgan fingerprint density at radius 3 is 2.40 bits per heavy atom. The number of hydrazine groups is 1. The zero-order valence-corrected chi connectivity index (χ0v) is 24.0. The van der Waals surface area contributed by atoms with E-state index in [1.54, 1.807) is 20.8 Å². The number of nitrogens with zero attached hydrogens (tertiary/aromatic N) is 2. The zero-order valence-electron chi connectivity index (χ0n) is 24.0. The Morgan fingerprint density at radius 2 is 1.68 bits per heavy atom. The first kappa shape index (κ1) is 29.3. The third kappa shape index (κ3) is 6.52. The van der Waals surface area contributed by atoms with E-state index in [1.165, 1.54) is 5.01 Å². The van der Waals surface area contributed by atoms with Crippen molar-refractivity contribution in [3.63, 3.8) is 0 Å². The molecule has 3 heterocycles. The van der Waals surface area contributed by atoms with Crippen molar-refractivity contribution in [3.05, 3.63) is 36.0 Å². The van der Waals surface area contributed by atoms with Crippen molar-refractivity contribution in [1.82, 2.24) is 31.4 Å². The first-order valence-corrected chi connectivity index (χ1v) is 13.9. The molecule has 40 heavy (non-hydrogen) atoms. The van der Waals surface area contributed by atoms with Crippen molar-refractivity contribution in [2.75, 3.05) is 13.2 Å². The highest BCUT2D eigenvalue weighted by molar-refractivity contribution is 5.93. The minimum Gasteiger partial charge on any atom is -0.492 e. The summed E-state index contributed by atoms with van der Waals surface area (Å²) in [5, 5.41) is 10.9. The molecule has 4 atom stereocenters. The monoisotopic (exact) mass is 552 g/mol. The van der Waals surface area contributed by atoms with Crippen LogP contribution in [0, 0.1) is 11.3 Å². The van der Waals surface area contributed by atoms with Crippen LogP contribution in [0.25, 0.3) is 10.9 Å². The molecule has 11 nitrogen and oxygen atoms in total. The second-order valence-electron chi connectivity index (χ2n) is 11.7. The highest BCUT2D eigenvalue weighted by atomic mass is 16.5. The number of rotatable bonds is 1. The molecule has 4 amide bonds. The molecule has 216 valence electrons. The molecular weight excluding hydrogens is 512 g/mol. The van der Waals surface area contributed by atoms with E-state index < -0.39 is 29.4 Å². The van der Waals surface area contributed by atoms with E-state index in [1.807, 2.05) is 51.1 Å². The fourth-order valence-corrected chi connectivity index (χ4v) is 4.77. The molecule has 11 heteroatoms. The molecule has 5 bridgehead atoms. The number of carbonyl (C=O) groups is 4. The normalized spacial score (nSPS) is 26.6. The number of benzene rings is 1. The van der Waals surface area contributed by atoms with E-state index in [0.29, 0.717) is 36.3 Å². The standard InChI is InChI=1S/C29H40N6O5/c1-16(2)24-26(37)31-18(4)27(38)35-13-7-8-22(34-35)25(36)30-17(3)21-12-10-19-9-11-20(14-23(19)32-21)40-15-29(5,6)28(39)33-24/h9-12,14,16-18,22,24,34H,7-8,13,15H2,1-6H3,(H,30,36)(H,31,37)(H,33,39)/t17-,18+,22+,24+/m1/s1. The van der Waals surface area contributed by atoms with Crippen molar-refractivity contribution >= 4 is 34.5 Å². The number of carbonyl (C=O) groups excluding carboxylic acids is 4. The van der Waals surface area contributed by atoms with Gasteiger partial charge in [-0.2, -0.15) is 0 Å². The fraction of sp³-hybridized carbons (Fsp3) is 0.552. The van der Waals surface area contributed by atoms with Gasteiger partial charge in [0.1, 0.15) is 30.5 Å². The molecule has 4 rings (SSSR count). The number of ether oxygens (including phenoxy) is 1. The van der Waals surface area contributed by atoms with Crippen molar-refractivity contribution < 1.29 is 23.9 Å². The molecule has 0 saturated carbocycles. The molecule has 4 N–H and O–H groups in total. The lowest BCUT2D eigenvalue weighted by molar-refractivity contribution is -0.143. The van der Waals surface area contributed by atoms with Crippen LogP contribution in [0.3, 0.4) is 0 Å². The van der Waals surface area contributed by atoms with Gasteiger partial charge in [-0.3, -0.25) is 29.2 Å². The van der Waals surface area contributed by atoms with Crippen LogP contribution in [-0.4, -0.2) is 64.9 Å². The van der Waals surface area contributed by atoms with Crippen LogP contribution in [-0.2, 0) is 19.2 Å². The predicted molar refractivity (Wildman–Crippen MR) is 150 cm³/mol. The van der Waals surface area contributed by atoms with E-state index in [9.17, 15) is 19.2 Å². The van der Waals surface area contributed by atoms with Gasteiger partial charge in [0, 0.05) is 18.0 Å². The second-order valence-corrected chi connectivity index (χ2v) is 11.7. The Bertz CT molecular complexity index is 1290. The van der Waals surface area contributed by atoms with Crippen LogP contribution < -0.4 is 26.1 Å². The number of pyridine rings is 1. The van der Waals surface area contributed by atoms with Crippen LogP contribution in [0.4, 0.5) is 0 Å². The summed E-state index contributed by atoms with van der Waals surface area (Å²) >= 11 is 0. The third-order valence-corrected chi connectivity index (χ3v) is 7.44. The zero-order chi connectivity index (χ0) is 29.2. The Morgan fingerprint density at radius 1 is 0.975 bits per heavy atom. The van der Waals surface area contributed by atoms with Crippen LogP contribution in [0.2, 0.25) is 0 Å². The summed E-state index contributed by atoms with van der Waals surface area (Å²) in [5.41, 5.74) is 3.45. The van der Waals surface area contributed by atoms with E-state index >= 15 is 0 Å². The molecule has 2 aliphatic heterocycles. The van der Waals surface area contributed by atoms with E-state index in [2.05, 4.69) is 21.4 Å². The molecule has 0 unspecified atom stereocenters. The maximum atomic E-state index is 13.3. The fourth-order valence-electron chi connectivity index (χ4n) is 4.77. The van der Waals surface area contributed by atoms with Crippen molar-refractivity contribution in [1.29, 1.82) is 0 Å². The van der Waals surface area contributed by atoms with Gasteiger partial charge in [0.2, 0.25) is 17.7 Å². The van der Waals surface area contributed by atoms with Gasteiger partial charge >= 0.3 is 0 Å². The van der Waals surface area contributed by atoms with Crippen molar-refractivity contribution in [3.8, 4) is 5.75 Å². The summed E-state index contributed by atoms with van der Waals surface area (Å²) < 4.78 is 6.01. The summed E-state index contributed by atoms with van der Waals surface area (Å²) in [6.45, 7) is 11.1. The van der Waals surface area contributed by atoms with Crippen molar-refractivity contribution in [2.45, 2.75) is 78.6 Å². The lowest BCUT2D eigenvalue weighted by Gasteiger charge is -2.35. The predicted octanol–water partition coefficient (Wildman–Crippen LogP) is 1.97. The third-order valence-electron chi connectivity index (χ3n) is 7.44. The number of nitrogens with one attached hydrogen (secondary N) is 4. The maximum absolute atomic E-state index is 13.3. The smallest absolute Gasteiger partial charge is 0.258 e. The highest BCUT2D eigenvalue weighted by Crippen LogP contribution is 2.25.